The van der Waals surface area contributed by atoms with Gasteiger partial charge < -0.3 is 9.88 Å². The smallest absolute Gasteiger partial charge is 0.252 e. The minimum absolute atomic E-state index is 0.0414. The van der Waals surface area contributed by atoms with Crippen molar-refractivity contribution in [3.05, 3.63) is 22.2 Å². The van der Waals surface area contributed by atoms with Crippen LogP contribution in [0.3, 0.4) is 0 Å². The molecule has 0 aliphatic carbocycles. The zero-order valence-corrected chi connectivity index (χ0v) is 14.1. The van der Waals surface area contributed by atoms with Gasteiger partial charge in [-0.3, -0.25) is 4.79 Å². The van der Waals surface area contributed by atoms with E-state index in [1.165, 1.54) is 19.3 Å². The highest BCUT2D eigenvalue weighted by Gasteiger charge is 2.27. The normalized spacial score (nSPS) is 20.7. The lowest BCUT2D eigenvalue weighted by Gasteiger charge is -2.30. The Bertz CT molecular complexity index is 528. The molecule has 21 heavy (non-hydrogen) atoms. The van der Waals surface area contributed by atoms with Gasteiger partial charge in [-0.05, 0) is 30.6 Å². The van der Waals surface area contributed by atoms with Gasteiger partial charge in [-0.1, -0.05) is 34.6 Å². The van der Waals surface area contributed by atoms with Crippen LogP contribution in [0.2, 0.25) is 0 Å². The molecule has 1 aliphatic heterocycles. The number of hydrogen-bond donors (Lipinski definition) is 1. The number of hydrogen-bond acceptors (Lipinski definition) is 3. The Balaban J connectivity index is 2.18. The summed E-state index contributed by atoms with van der Waals surface area (Å²) in [4.78, 5) is 21.6. The topological polar surface area (TPSA) is 49.0 Å². The highest BCUT2D eigenvalue weighted by molar-refractivity contribution is 5.37. The Morgan fingerprint density at radius 2 is 2.00 bits per heavy atom. The van der Waals surface area contributed by atoms with Crippen molar-refractivity contribution in [3.8, 4) is 0 Å². The molecular formula is C17H29N3O. The van der Waals surface area contributed by atoms with E-state index in [1.807, 2.05) is 0 Å². The molecule has 0 radical (unpaired) electrons. The monoisotopic (exact) mass is 291 g/mol. The molecule has 2 heterocycles. The Hall–Kier alpha value is -1.32. The number of nitrogens with zero attached hydrogens (tertiary/aromatic N) is 2. The van der Waals surface area contributed by atoms with Crippen molar-refractivity contribution >= 4 is 5.82 Å². The van der Waals surface area contributed by atoms with Crippen LogP contribution in [0.4, 0.5) is 5.82 Å². The number of nitrogens with one attached hydrogen (secondary N) is 1. The van der Waals surface area contributed by atoms with Crippen molar-refractivity contribution in [1.29, 1.82) is 0 Å². The second kappa shape index (κ2) is 6.20. The first-order valence-electron chi connectivity index (χ1n) is 8.13. The molecular weight excluding hydrogens is 262 g/mol. The lowest BCUT2D eigenvalue weighted by Crippen LogP contribution is -2.28. The highest BCUT2D eigenvalue weighted by Crippen LogP contribution is 2.34. The molecule has 0 amide bonds. The summed E-state index contributed by atoms with van der Waals surface area (Å²) in [5, 5.41) is 0. The molecule has 1 atom stereocenters. The summed E-state index contributed by atoms with van der Waals surface area (Å²) in [6.07, 6.45) is 3.61. The van der Waals surface area contributed by atoms with Gasteiger partial charge >= 0.3 is 0 Å². The third kappa shape index (κ3) is 4.08. The van der Waals surface area contributed by atoms with E-state index in [0.717, 1.165) is 30.6 Å². The summed E-state index contributed by atoms with van der Waals surface area (Å²) in [6.45, 7) is 13.1. The van der Waals surface area contributed by atoms with Gasteiger partial charge in [0.2, 0.25) is 0 Å². The van der Waals surface area contributed by atoms with Gasteiger partial charge in [-0.2, -0.15) is 0 Å². The van der Waals surface area contributed by atoms with Crippen LogP contribution < -0.4 is 10.5 Å². The molecule has 1 aromatic rings. The first kappa shape index (κ1) is 16.1. The van der Waals surface area contributed by atoms with Crippen LogP contribution in [0.25, 0.3) is 0 Å². The van der Waals surface area contributed by atoms with Crippen molar-refractivity contribution in [1.82, 2.24) is 9.97 Å². The summed E-state index contributed by atoms with van der Waals surface area (Å²) >= 11 is 0. The predicted molar refractivity (Wildman–Crippen MR) is 88.0 cm³/mol. The number of aromatic nitrogens is 2. The third-order valence-electron chi connectivity index (χ3n) is 4.57. The Morgan fingerprint density at radius 1 is 1.29 bits per heavy atom. The molecule has 1 aromatic heterocycles. The Labute approximate surface area is 128 Å². The van der Waals surface area contributed by atoms with Gasteiger partial charge in [0, 0.05) is 25.1 Å². The van der Waals surface area contributed by atoms with Crippen LogP contribution in [-0.4, -0.2) is 23.1 Å². The second-order valence-electron chi connectivity index (χ2n) is 7.62. The minimum Gasteiger partial charge on any atom is -0.356 e. The number of aromatic amines is 1. The molecule has 1 unspecified atom stereocenters. The molecule has 4 heteroatoms. The van der Waals surface area contributed by atoms with E-state index >= 15 is 0 Å². The van der Waals surface area contributed by atoms with E-state index in [1.54, 1.807) is 6.07 Å². The molecule has 0 aromatic carbocycles. The molecule has 4 nitrogen and oxygen atoms in total. The molecule has 0 spiro atoms. The van der Waals surface area contributed by atoms with Crippen molar-refractivity contribution < 1.29 is 0 Å². The first-order valence-corrected chi connectivity index (χ1v) is 8.13. The average Bonchev–Trinajstić information content (AvgIpc) is 2.63. The van der Waals surface area contributed by atoms with Gasteiger partial charge in [0.05, 0.1) is 0 Å². The summed E-state index contributed by atoms with van der Waals surface area (Å²) in [6, 6.07) is 1.64. The average molecular weight is 291 g/mol. The minimum atomic E-state index is -0.0414. The van der Waals surface area contributed by atoms with E-state index in [0.29, 0.717) is 5.41 Å². The molecule has 1 N–H and O–H groups in total. The van der Waals surface area contributed by atoms with Gasteiger partial charge in [0.25, 0.3) is 5.56 Å². The fraction of sp³-hybridized carbons (Fsp3) is 0.765. The van der Waals surface area contributed by atoms with Gasteiger partial charge in [0.15, 0.2) is 0 Å². The summed E-state index contributed by atoms with van der Waals surface area (Å²) in [5.74, 6) is 2.62. The van der Waals surface area contributed by atoms with E-state index in [2.05, 4.69) is 49.5 Å². The lowest BCUT2D eigenvalue weighted by molar-refractivity contribution is 0.220. The van der Waals surface area contributed by atoms with Crippen LogP contribution in [-0.2, 0) is 0 Å². The molecule has 0 saturated carbocycles. The summed E-state index contributed by atoms with van der Waals surface area (Å²) in [5.41, 5.74) is 0.320. The number of anilines is 1. The summed E-state index contributed by atoms with van der Waals surface area (Å²) < 4.78 is 0. The van der Waals surface area contributed by atoms with Crippen molar-refractivity contribution in [3.63, 3.8) is 0 Å². The van der Waals surface area contributed by atoms with Gasteiger partial charge in [-0.15, -0.1) is 0 Å². The number of rotatable bonds is 2. The molecule has 1 fully saturated rings. The van der Waals surface area contributed by atoms with E-state index in [4.69, 9.17) is 0 Å². The van der Waals surface area contributed by atoms with Gasteiger partial charge in [0.1, 0.15) is 11.6 Å². The standard InChI is InChI=1S/C17H29N3O/c1-12(2)16-18-14(11-15(21)19-16)20-9-6-7-13(8-10-20)17(3,4)5/h11-13H,6-10H2,1-5H3,(H,18,19,21). The maximum atomic E-state index is 11.8. The fourth-order valence-corrected chi connectivity index (χ4v) is 3.09. The number of H-pyrrole nitrogens is 1. The second-order valence-corrected chi connectivity index (χ2v) is 7.62. The van der Waals surface area contributed by atoms with Gasteiger partial charge in [-0.25, -0.2) is 4.98 Å². The van der Waals surface area contributed by atoms with E-state index in [9.17, 15) is 4.79 Å². The predicted octanol–water partition coefficient (Wildman–Crippen LogP) is 3.55. The van der Waals surface area contributed by atoms with Crippen molar-refractivity contribution in [2.75, 3.05) is 18.0 Å². The maximum Gasteiger partial charge on any atom is 0.252 e. The van der Waals surface area contributed by atoms with Crippen molar-refractivity contribution in [2.24, 2.45) is 11.3 Å². The van der Waals surface area contributed by atoms with Crippen molar-refractivity contribution in [2.45, 2.75) is 59.8 Å². The zero-order chi connectivity index (χ0) is 15.6. The largest absolute Gasteiger partial charge is 0.356 e. The highest BCUT2D eigenvalue weighted by atomic mass is 16.1. The van der Waals surface area contributed by atoms with Crippen LogP contribution in [0.15, 0.2) is 10.9 Å². The van der Waals surface area contributed by atoms with E-state index < -0.39 is 0 Å². The molecule has 118 valence electrons. The molecule has 1 aliphatic rings. The SMILES string of the molecule is CC(C)c1nc(N2CCCC(C(C)(C)C)CC2)cc(=O)[nH]1. The zero-order valence-electron chi connectivity index (χ0n) is 14.1. The van der Waals surface area contributed by atoms with Crippen LogP contribution in [0, 0.1) is 11.3 Å². The Morgan fingerprint density at radius 3 is 2.62 bits per heavy atom. The molecule has 0 bridgehead atoms. The van der Waals surface area contributed by atoms with E-state index in [-0.39, 0.29) is 11.5 Å². The van der Waals surface area contributed by atoms with Crippen LogP contribution in [0.1, 0.15) is 65.6 Å². The quantitative estimate of drug-likeness (QED) is 0.906. The molecule has 1 saturated heterocycles. The maximum absolute atomic E-state index is 11.8. The first-order chi connectivity index (χ1) is 9.77. The lowest BCUT2D eigenvalue weighted by atomic mass is 9.77. The Kier molecular flexibility index (Phi) is 4.74. The third-order valence-corrected chi connectivity index (χ3v) is 4.57. The fourth-order valence-electron chi connectivity index (χ4n) is 3.09. The molecule has 2 rings (SSSR count). The van der Waals surface area contributed by atoms with Crippen LogP contribution in [0.5, 0.6) is 0 Å². The summed E-state index contributed by atoms with van der Waals surface area (Å²) in [7, 11) is 0. The van der Waals surface area contributed by atoms with Crippen LogP contribution >= 0.6 is 0 Å².